The van der Waals surface area contributed by atoms with Crippen molar-refractivity contribution >= 4 is 5.82 Å². The van der Waals surface area contributed by atoms with Crippen LogP contribution in [-0.4, -0.2) is 6.54 Å². The smallest absolute Gasteiger partial charge is 0.274 e. The Labute approximate surface area is 66.9 Å². The second kappa shape index (κ2) is 2.91. The fourth-order valence-corrected chi connectivity index (χ4v) is 1.46. The summed E-state index contributed by atoms with van der Waals surface area (Å²) in [6.45, 7) is 2.27. The monoisotopic (exact) mass is 149 g/mol. The second-order valence-corrected chi connectivity index (χ2v) is 2.91. The molecule has 1 N–H and O–H groups in total. The average Bonchev–Trinajstić information content (AvgIpc) is 2.28. The number of nitrogens with zero attached hydrogens (tertiary/aromatic N) is 1. The highest BCUT2D eigenvalue weighted by molar-refractivity contribution is 5.27. The molecule has 0 saturated heterocycles. The summed E-state index contributed by atoms with van der Waals surface area (Å²) in [5.41, 5.74) is 0. The van der Waals surface area contributed by atoms with Crippen LogP contribution >= 0.6 is 0 Å². The number of hydrogen-bond acceptors (Lipinski definition) is 1. The van der Waals surface area contributed by atoms with Crippen molar-refractivity contribution < 1.29 is 4.57 Å². The van der Waals surface area contributed by atoms with Crippen molar-refractivity contribution in [1.82, 2.24) is 0 Å². The first-order valence-corrected chi connectivity index (χ1v) is 4.19. The molecule has 0 amide bonds. The molecule has 11 heavy (non-hydrogen) atoms. The zero-order valence-electron chi connectivity index (χ0n) is 6.59. The van der Waals surface area contributed by atoms with Gasteiger partial charge in [0, 0.05) is 6.07 Å². The van der Waals surface area contributed by atoms with E-state index in [0.29, 0.717) is 0 Å². The molecule has 2 heterocycles. The third-order valence-electron chi connectivity index (χ3n) is 2.07. The average molecular weight is 149 g/mol. The summed E-state index contributed by atoms with van der Waals surface area (Å²) in [5.74, 6) is 1.25. The van der Waals surface area contributed by atoms with E-state index in [2.05, 4.69) is 34.3 Å². The van der Waals surface area contributed by atoms with Gasteiger partial charge in [-0.05, 0) is 18.9 Å². The minimum atomic E-state index is 1.12. The van der Waals surface area contributed by atoms with E-state index in [1.807, 2.05) is 0 Å². The fourth-order valence-electron chi connectivity index (χ4n) is 1.46. The van der Waals surface area contributed by atoms with Gasteiger partial charge in [0.25, 0.3) is 5.82 Å². The summed E-state index contributed by atoms with van der Waals surface area (Å²) < 4.78 is 2.27. The van der Waals surface area contributed by atoms with Crippen LogP contribution in [0.15, 0.2) is 24.4 Å². The first kappa shape index (κ1) is 6.65. The molecule has 1 aliphatic heterocycles. The van der Waals surface area contributed by atoms with Crippen molar-refractivity contribution in [3.8, 4) is 0 Å². The maximum absolute atomic E-state index is 3.39. The fraction of sp³-hybridized carbons (Fsp3) is 0.444. The SMILES string of the molecule is c1cc[n+]2c(c1)NCCCC2. The minimum Gasteiger partial charge on any atom is -0.274 e. The Hall–Kier alpha value is -1.05. The molecule has 58 valence electrons. The quantitative estimate of drug-likeness (QED) is 0.548. The van der Waals surface area contributed by atoms with Crippen LogP contribution in [-0.2, 0) is 6.54 Å². The topological polar surface area (TPSA) is 15.9 Å². The van der Waals surface area contributed by atoms with Gasteiger partial charge in [-0.15, -0.1) is 0 Å². The Kier molecular flexibility index (Phi) is 1.76. The first-order valence-electron chi connectivity index (χ1n) is 4.19. The summed E-state index contributed by atoms with van der Waals surface area (Å²) >= 11 is 0. The lowest BCUT2D eigenvalue weighted by molar-refractivity contribution is -0.682. The largest absolute Gasteiger partial charge is 0.274 e. The molecular formula is C9H13N2+. The molecular weight excluding hydrogens is 136 g/mol. The maximum atomic E-state index is 3.39. The van der Waals surface area contributed by atoms with E-state index in [-0.39, 0.29) is 0 Å². The van der Waals surface area contributed by atoms with Gasteiger partial charge in [0.05, 0.1) is 19.3 Å². The second-order valence-electron chi connectivity index (χ2n) is 2.91. The highest BCUT2D eigenvalue weighted by Gasteiger charge is 2.09. The van der Waals surface area contributed by atoms with E-state index >= 15 is 0 Å². The van der Waals surface area contributed by atoms with Crippen LogP contribution in [0.3, 0.4) is 0 Å². The van der Waals surface area contributed by atoms with Gasteiger partial charge in [0.2, 0.25) is 0 Å². The Morgan fingerprint density at radius 2 is 2.27 bits per heavy atom. The number of pyridine rings is 1. The zero-order chi connectivity index (χ0) is 7.52. The van der Waals surface area contributed by atoms with Crippen molar-refractivity contribution in [3.63, 3.8) is 0 Å². The van der Waals surface area contributed by atoms with Crippen LogP contribution in [0.2, 0.25) is 0 Å². The van der Waals surface area contributed by atoms with Crippen molar-refractivity contribution in [2.75, 3.05) is 11.9 Å². The van der Waals surface area contributed by atoms with E-state index < -0.39 is 0 Å². The van der Waals surface area contributed by atoms with Crippen molar-refractivity contribution in [2.24, 2.45) is 0 Å². The summed E-state index contributed by atoms with van der Waals surface area (Å²) in [6, 6.07) is 6.28. The third-order valence-corrected chi connectivity index (χ3v) is 2.07. The zero-order valence-corrected chi connectivity index (χ0v) is 6.59. The number of nitrogens with one attached hydrogen (secondary N) is 1. The van der Waals surface area contributed by atoms with Crippen LogP contribution in [0.25, 0.3) is 0 Å². The predicted octanol–water partition coefficient (Wildman–Crippen LogP) is 1.18. The summed E-state index contributed by atoms with van der Waals surface area (Å²) in [5, 5.41) is 3.39. The highest BCUT2D eigenvalue weighted by Crippen LogP contribution is 2.03. The molecule has 0 unspecified atom stereocenters. The minimum absolute atomic E-state index is 1.12. The Bertz CT molecular complexity index is 220. The van der Waals surface area contributed by atoms with Gasteiger partial charge < -0.3 is 0 Å². The molecule has 0 aromatic carbocycles. The van der Waals surface area contributed by atoms with E-state index in [0.717, 1.165) is 13.1 Å². The van der Waals surface area contributed by atoms with Gasteiger partial charge in [-0.2, -0.15) is 0 Å². The molecule has 0 saturated carbocycles. The van der Waals surface area contributed by atoms with E-state index in [9.17, 15) is 0 Å². The molecule has 0 fully saturated rings. The van der Waals surface area contributed by atoms with Gasteiger partial charge in [0.15, 0.2) is 0 Å². The maximum Gasteiger partial charge on any atom is 0.274 e. The molecule has 2 heteroatoms. The molecule has 1 aromatic rings. The number of anilines is 1. The van der Waals surface area contributed by atoms with Crippen molar-refractivity contribution in [2.45, 2.75) is 19.4 Å². The Balaban J connectivity index is 2.33. The molecule has 1 aromatic heterocycles. The highest BCUT2D eigenvalue weighted by atomic mass is 15.1. The van der Waals surface area contributed by atoms with Crippen molar-refractivity contribution in [1.29, 1.82) is 0 Å². The predicted molar refractivity (Wildman–Crippen MR) is 44.4 cm³/mol. The number of aromatic nitrogens is 1. The van der Waals surface area contributed by atoms with Gasteiger partial charge in [-0.3, -0.25) is 5.32 Å². The number of rotatable bonds is 0. The molecule has 1 aliphatic rings. The lowest BCUT2D eigenvalue weighted by Crippen LogP contribution is -2.34. The van der Waals surface area contributed by atoms with E-state index in [4.69, 9.17) is 0 Å². The lowest BCUT2D eigenvalue weighted by atomic mass is 10.3. The molecule has 2 nitrogen and oxygen atoms in total. The van der Waals surface area contributed by atoms with Gasteiger partial charge in [-0.25, -0.2) is 4.57 Å². The first-order chi connectivity index (χ1) is 5.47. The van der Waals surface area contributed by atoms with Gasteiger partial charge >= 0.3 is 0 Å². The third kappa shape index (κ3) is 1.34. The molecule has 0 spiro atoms. The van der Waals surface area contributed by atoms with Crippen LogP contribution in [0, 0.1) is 0 Å². The summed E-state index contributed by atoms with van der Waals surface area (Å²) in [7, 11) is 0. The molecule has 0 atom stereocenters. The normalized spacial score (nSPS) is 16.4. The van der Waals surface area contributed by atoms with Crippen molar-refractivity contribution in [3.05, 3.63) is 24.4 Å². The number of fused-ring (bicyclic) bond motifs is 1. The van der Waals surface area contributed by atoms with E-state index in [1.54, 1.807) is 0 Å². The van der Waals surface area contributed by atoms with Gasteiger partial charge in [0.1, 0.15) is 0 Å². The summed E-state index contributed by atoms with van der Waals surface area (Å²) in [6.07, 6.45) is 4.70. The number of hydrogen-bond donors (Lipinski definition) is 1. The molecule has 0 aliphatic carbocycles. The number of aryl methyl sites for hydroxylation is 1. The van der Waals surface area contributed by atoms with Crippen LogP contribution in [0.4, 0.5) is 5.82 Å². The molecule has 2 rings (SSSR count). The molecule has 0 radical (unpaired) electrons. The van der Waals surface area contributed by atoms with Gasteiger partial charge in [-0.1, -0.05) is 6.07 Å². The Morgan fingerprint density at radius 1 is 1.27 bits per heavy atom. The Morgan fingerprint density at radius 3 is 3.27 bits per heavy atom. The van der Waals surface area contributed by atoms with E-state index in [1.165, 1.54) is 18.7 Å². The molecule has 0 bridgehead atoms. The van der Waals surface area contributed by atoms with Crippen LogP contribution in [0.5, 0.6) is 0 Å². The lowest BCUT2D eigenvalue weighted by Gasteiger charge is -1.99. The standard InChI is InChI=1S/C9H12N2/c1-3-7-11-8-4-2-6-10-9(11)5-1/h1,3,5,7H,2,4,6,8H2/p+1. The van der Waals surface area contributed by atoms with Crippen LogP contribution in [0.1, 0.15) is 12.8 Å². The summed E-state index contributed by atoms with van der Waals surface area (Å²) in [4.78, 5) is 0. The van der Waals surface area contributed by atoms with Crippen LogP contribution < -0.4 is 9.88 Å².